The number of piperazine rings is 1. The molecule has 4 rings (SSSR count). The summed E-state index contributed by atoms with van der Waals surface area (Å²) in [4.78, 5) is 20.1. The van der Waals surface area contributed by atoms with Gasteiger partial charge in [0, 0.05) is 36.7 Å². The first-order valence-electron chi connectivity index (χ1n) is 9.46. The van der Waals surface area contributed by atoms with Crippen LogP contribution >= 0.6 is 11.3 Å². The van der Waals surface area contributed by atoms with Crippen molar-refractivity contribution in [1.82, 2.24) is 14.2 Å². The number of aromatic nitrogens is 1. The monoisotopic (exact) mass is 446 g/mol. The van der Waals surface area contributed by atoms with Crippen molar-refractivity contribution in [2.75, 3.05) is 38.5 Å². The number of benzene rings is 1. The zero-order valence-electron chi connectivity index (χ0n) is 16.7. The Bertz CT molecular complexity index is 1150. The number of furan rings is 1. The standard InChI is InChI=1S/C20H22N4O4S2/c1-14-18(22-20(29-14)17-7-4-12-28-17)19(25)21-15-5-3-6-16(13-15)30(26,27)24-10-8-23(2)9-11-24/h3-7,12-13H,8-11H2,1-2H3,(H,21,25). The SMILES string of the molecule is Cc1sc(-c2ccco2)nc1C(=O)Nc1cccc(S(=O)(=O)N2CCN(C)CC2)c1. The second kappa shape index (κ2) is 8.31. The van der Waals surface area contributed by atoms with E-state index in [-0.39, 0.29) is 4.90 Å². The van der Waals surface area contributed by atoms with Crippen molar-refractivity contribution < 1.29 is 17.6 Å². The number of hydrogen-bond acceptors (Lipinski definition) is 7. The topological polar surface area (TPSA) is 95.8 Å². The number of amides is 1. The first-order valence-corrected chi connectivity index (χ1v) is 11.7. The number of nitrogens with zero attached hydrogens (tertiary/aromatic N) is 3. The largest absolute Gasteiger partial charge is 0.462 e. The highest BCUT2D eigenvalue weighted by atomic mass is 32.2. The molecule has 0 aliphatic carbocycles. The van der Waals surface area contributed by atoms with Gasteiger partial charge in [-0.1, -0.05) is 6.07 Å². The fraction of sp³-hybridized carbons (Fsp3) is 0.300. The van der Waals surface area contributed by atoms with E-state index in [2.05, 4.69) is 15.2 Å². The van der Waals surface area contributed by atoms with Crippen molar-refractivity contribution in [1.29, 1.82) is 0 Å². The van der Waals surface area contributed by atoms with E-state index >= 15 is 0 Å². The molecule has 10 heteroatoms. The van der Waals surface area contributed by atoms with E-state index < -0.39 is 15.9 Å². The summed E-state index contributed by atoms with van der Waals surface area (Å²) in [5.41, 5.74) is 0.695. The van der Waals surface area contributed by atoms with Gasteiger partial charge < -0.3 is 14.6 Å². The molecule has 30 heavy (non-hydrogen) atoms. The molecule has 1 aromatic carbocycles. The Morgan fingerprint density at radius 2 is 1.93 bits per heavy atom. The van der Waals surface area contributed by atoms with Gasteiger partial charge in [0.2, 0.25) is 10.0 Å². The molecule has 1 amide bonds. The lowest BCUT2D eigenvalue weighted by Crippen LogP contribution is -2.47. The van der Waals surface area contributed by atoms with E-state index in [9.17, 15) is 13.2 Å². The van der Waals surface area contributed by atoms with E-state index in [1.54, 1.807) is 36.6 Å². The van der Waals surface area contributed by atoms with Gasteiger partial charge in [-0.2, -0.15) is 4.31 Å². The van der Waals surface area contributed by atoms with E-state index in [1.807, 2.05) is 14.0 Å². The van der Waals surface area contributed by atoms with Crippen molar-refractivity contribution in [3.63, 3.8) is 0 Å². The van der Waals surface area contributed by atoms with E-state index in [0.717, 1.165) is 4.88 Å². The molecule has 0 bridgehead atoms. The van der Waals surface area contributed by atoms with Gasteiger partial charge in [-0.15, -0.1) is 11.3 Å². The Kier molecular flexibility index (Phi) is 5.74. The zero-order chi connectivity index (χ0) is 21.3. The van der Waals surface area contributed by atoms with Crippen molar-refractivity contribution in [3.05, 3.63) is 53.2 Å². The van der Waals surface area contributed by atoms with Crippen LogP contribution in [0, 0.1) is 6.92 Å². The van der Waals surface area contributed by atoms with Crippen LogP contribution in [0.25, 0.3) is 10.8 Å². The molecule has 0 unspecified atom stereocenters. The van der Waals surface area contributed by atoms with Crippen molar-refractivity contribution in [2.24, 2.45) is 0 Å². The number of nitrogens with one attached hydrogen (secondary N) is 1. The summed E-state index contributed by atoms with van der Waals surface area (Å²) in [6, 6.07) is 9.87. The maximum Gasteiger partial charge on any atom is 0.275 e. The summed E-state index contributed by atoms with van der Waals surface area (Å²) < 4.78 is 32.8. The quantitative estimate of drug-likeness (QED) is 0.647. The van der Waals surface area contributed by atoms with Gasteiger partial charge in [-0.05, 0) is 44.3 Å². The van der Waals surface area contributed by atoms with Crippen molar-refractivity contribution in [3.8, 4) is 10.8 Å². The highest BCUT2D eigenvalue weighted by Gasteiger charge is 2.28. The van der Waals surface area contributed by atoms with Crippen LogP contribution in [0.4, 0.5) is 5.69 Å². The molecule has 1 saturated heterocycles. The third kappa shape index (κ3) is 4.17. The first-order chi connectivity index (χ1) is 14.3. The maximum atomic E-state index is 13.0. The maximum absolute atomic E-state index is 13.0. The molecule has 1 aliphatic rings. The summed E-state index contributed by atoms with van der Waals surface area (Å²) in [7, 11) is -1.64. The number of anilines is 1. The molecule has 0 radical (unpaired) electrons. The average Bonchev–Trinajstić information content (AvgIpc) is 3.38. The third-order valence-electron chi connectivity index (χ3n) is 4.94. The van der Waals surface area contributed by atoms with Crippen molar-refractivity contribution in [2.45, 2.75) is 11.8 Å². The molecular formula is C20H22N4O4S2. The molecule has 8 nitrogen and oxygen atoms in total. The van der Waals surface area contributed by atoms with Gasteiger partial charge in [0.1, 0.15) is 5.69 Å². The lowest BCUT2D eigenvalue weighted by Gasteiger charge is -2.31. The highest BCUT2D eigenvalue weighted by Crippen LogP contribution is 2.28. The zero-order valence-corrected chi connectivity index (χ0v) is 18.3. The Hall–Kier alpha value is -2.53. The summed E-state index contributed by atoms with van der Waals surface area (Å²) in [6.07, 6.45) is 1.55. The fourth-order valence-corrected chi connectivity index (χ4v) is 5.56. The predicted molar refractivity (Wildman–Crippen MR) is 115 cm³/mol. The van der Waals surface area contributed by atoms with E-state index in [0.29, 0.717) is 48.3 Å². The smallest absolute Gasteiger partial charge is 0.275 e. The van der Waals surface area contributed by atoms with Crippen molar-refractivity contribution >= 4 is 33.0 Å². The molecular weight excluding hydrogens is 424 g/mol. The van der Waals surface area contributed by atoms with Gasteiger partial charge in [0.05, 0.1) is 11.2 Å². The van der Waals surface area contributed by atoms with Gasteiger partial charge in [-0.3, -0.25) is 4.79 Å². The third-order valence-corrected chi connectivity index (χ3v) is 7.82. The summed E-state index contributed by atoms with van der Waals surface area (Å²) >= 11 is 1.37. The summed E-state index contributed by atoms with van der Waals surface area (Å²) in [5, 5.41) is 3.38. The molecule has 2 aromatic heterocycles. The van der Waals surface area contributed by atoms with Gasteiger partial charge in [0.15, 0.2) is 10.8 Å². The van der Waals surface area contributed by atoms with Gasteiger partial charge in [-0.25, -0.2) is 13.4 Å². The van der Waals surface area contributed by atoms with Crippen LogP contribution in [-0.4, -0.2) is 61.7 Å². The minimum atomic E-state index is -3.61. The van der Waals surface area contributed by atoms with Gasteiger partial charge >= 0.3 is 0 Å². The fourth-order valence-electron chi connectivity index (χ4n) is 3.21. The van der Waals surface area contributed by atoms with Crippen LogP contribution < -0.4 is 5.32 Å². The number of aryl methyl sites for hydroxylation is 1. The molecule has 0 atom stereocenters. The number of sulfonamides is 1. The van der Waals surface area contributed by atoms with Crippen LogP contribution in [0.5, 0.6) is 0 Å². The molecule has 0 spiro atoms. The van der Waals surface area contributed by atoms with Crippen LogP contribution in [-0.2, 0) is 10.0 Å². The number of hydrogen-bond donors (Lipinski definition) is 1. The molecule has 1 aliphatic heterocycles. The molecule has 1 N–H and O–H groups in total. The van der Waals surface area contributed by atoms with E-state index in [4.69, 9.17) is 4.42 Å². The number of rotatable bonds is 5. The first kappa shape index (κ1) is 20.7. The number of carbonyl (C=O) groups excluding carboxylic acids is 1. The summed E-state index contributed by atoms with van der Waals surface area (Å²) in [5.74, 6) is 0.207. The minimum Gasteiger partial charge on any atom is -0.462 e. The number of thiazole rings is 1. The van der Waals surface area contributed by atoms with E-state index in [1.165, 1.54) is 21.7 Å². The Balaban J connectivity index is 1.53. The van der Waals surface area contributed by atoms with Crippen LogP contribution in [0.1, 0.15) is 15.4 Å². The highest BCUT2D eigenvalue weighted by molar-refractivity contribution is 7.89. The lowest BCUT2D eigenvalue weighted by molar-refractivity contribution is 0.102. The van der Waals surface area contributed by atoms with Crippen LogP contribution in [0.15, 0.2) is 52.0 Å². The average molecular weight is 447 g/mol. The van der Waals surface area contributed by atoms with Crippen LogP contribution in [0.2, 0.25) is 0 Å². The molecule has 3 aromatic rings. The Morgan fingerprint density at radius 1 is 1.17 bits per heavy atom. The molecule has 158 valence electrons. The normalized spacial score (nSPS) is 15.9. The van der Waals surface area contributed by atoms with Crippen LogP contribution in [0.3, 0.4) is 0 Å². The second-order valence-electron chi connectivity index (χ2n) is 7.09. The molecule has 1 fully saturated rings. The second-order valence-corrected chi connectivity index (χ2v) is 10.2. The molecule has 3 heterocycles. The predicted octanol–water partition coefficient (Wildman–Crippen LogP) is 2.90. The summed E-state index contributed by atoms with van der Waals surface area (Å²) in [6.45, 7) is 4.09. The van der Waals surface area contributed by atoms with Gasteiger partial charge in [0.25, 0.3) is 5.91 Å². The lowest BCUT2D eigenvalue weighted by atomic mass is 10.3. The minimum absolute atomic E-state index is 0.163. The Labute approximate surface area is 179 Å². The number of carbonyl (C=O) groups is 1. The molecule has 0 saturated carbocycles. The number of likely N-dealkylation sites (N-methyl/N-ethyl adjacent to an activating group) is 1. The Morgan fingerprint density at radius 3 is 2.63 bits per heavy atom.